The van der Waals surface area contributed by atoms with Crippen molar-refractivity contribution < 1.29 is 9.13 Å². The van der Waals surface area contributed by atoms with Crippen LogP contribution in [0.1, 0.15) is 0 Å². The summed E-state index contributed by atoms with van der Waals surface area (Å²) in [4.78, 5) is 0. The van der Waals surface area contributed by atoms with Gasteiger partial charge in [-0.3, -0.25) is 0 Å². The van der Waals surface area contributed by atoms with Gasteiger partial charge in [0.1, 0.15) is 22.4 Å². The lowest BCUT2D eigenvalue weighted by atomic mass is 10.3. The molecule has 1 aromatic carbocycles. The Balaban J connectivity index is 3.01. The van der Waals surface area contributed by atoms with Crippen molar-refractivity contribution in [1.82, 2.24) is 0 Å². The Hall–Kier alpha value is -1.80. The van der Waals surface area contributed by atoms with E-state index in [-0.39, 0.29) is 10.8 Å². The Kier molecular flexibility index (Phi) is 5.24. The normalized spacial score (nSPS) is 12.7. The van der Waals surface area contributed by atoms with Gasteiger partial charge in [0.15, 0.2) is 0 Å². The average Bonchev–Trinajstić information content (AvgIpc) is 2.37. The molecule has 0 heterocycles. The van der Waals surface area contributed by atoms with Crippen LogP contribution in [-0.2, 0) is 0 Å². The van der Waals surface area contributed by atoms with Gasteiger partial charge in [-0.2, -0.15) is 0 Å². The Bertz CT molecular complexity index is 460. The summed E-state index contributed by atoms with van der Waals surface area (Å²) in [5.74, 6) is 0.108. The van der Waals surface area contributed by atoms with Crippen molar-refractivity contribution in [3.05, 3.63) is 78.3 Å². The van der Waals surface area contributed by atoms with Gasteiger partial charge in [0.05, 0.1) is 0 Å². The van der Waals surface area contributed by atoms with Crippen LogP contribution >= 0.6 is 11.6 Å². The SMILES string of the molecule is C=C/C=C(Oc1ccccc1)\C(Cl)=C(\F)C=C. The molecule has 0 saturated carbocycles. The molecule has 0 aliphatic rings. The average molecular weight is 251 g/mol. The Morgan fingerprint density at radius 3 is 2.41 bits per heavy atom. The van der Waals surface area contributed by atoms with E-state index >= 15 is 0 Å². The second kappa shape index (κ2) is 6.71. The van der Waals surface area contributed by atoms with E-state index in [0.717, 1.165) is 6.08 Å². The van der Waals surface area contributed by atoms with Gasteiger partial charge in [0.25, 0.3) is 0 Å². The fourth-order valence-electron chi connectivity index (χ4n) is 1.08. The molecule has 0 spiro atoms. The quantitative estimate of drug-likeness (QED) is 0.542. The van der Waals surface area contributed by atoms with E-state index < -0.39 is 5.83 Å². The largest absolute Gasteiger partial charge is 0.456 e. The van der Waals surface area contributed by atoms with Gasteiger partial charge >= 0.3 is 0 Å². The highest BCUT2D eigenvalue weighted by Crippen LogP contribution is 2.24. The van der Waals surface area contributed by atoms with Gasteiger partial charge in [-0.15, -0.1) is 0 Å². The molecular formula is C14H12ClFO. The summed E-state index contributed by atoms with van der Waals surface area (Å²) in [6, 6.07) is 8.95. The van der Waals surface area contributed by atoms with E-state index in [1.165, 1.54) is 12.2 Å². The minimum Gasteiger partial charge on any atom is -0.456 e. The first-order chi connectivity index (χ1) is 8.19. The van der Waals surface area contributed by atoms with Gasteiger partial charge in [0, 0.05) is 0 Å². The predicted octanol–water partition coefficient (Wildman–Crippen LogP) is 4.74. The molecule has 1 aromatic rings. The number of hydrogen-bond acceptors (Lipinski definition) is 1. The van der Waals surface area contributed by atoms with Crippen LogP contribution in [0, 0.1) is 0 Å². The first-order valence-corrected chi connectivity index (χ1v) is 5.30. The molecule has 17 heavy (non-hydrogen) atoms. The lowest BCUT2D eigenvalue weighted by molar-refractivity contribution is 0.438. The maximum absolute atomic E-state index is 13.3. The van der Waals surface area contributed by atoms with Gasteiger partial charge in [0.2, 0.25) is 0 Å². The molecule has 0 bridgehead atoms. The summed E-state index contributed by atoms with van der Waals surface area (Å²) in [5.41, 5.74) is 0. The molecule has 3 heteroatoms. The van der Waals surface area contributed by atoms with Gasteiger partial charge in [-0.25, -0.2) is 4.39 Å². The summed E-state index contributed by atoms with van der Waals surface area (Å²) >= 11 is 5.82. The highest BCUT2D eigenvalue weighted by atomic mass is 35.5. The standard InChI is InChI=1S/C14H12ClFO/c1-3-8-13(14(15)12(16)4-2)17-11-9-6-5-7-10-11/h3-10H,1-2H2/b13-8+,14-12-. The lowest BCUT2D eigenvalue weighted by Gasteiger charge is -2.08. The van der Waals surface area contributed by atoms with E-state index in [4.69, 9.17) is 16.3 Å². The number of rotatable bonds is 5. The molecule has 0 fully saturated rings. The van der Waals surface area contributed by atoms with Gasteiger partial charge in [-0.05, 0) is 24.3 Å². The maximum Gasteiger partial charge on any atom is 0.148 e. The molecule has 1 nitrogen and oxygen atoms in total. The van der Waals surface area contributed by atoms with Crippen LogP contribution in [0.2, 0.25) is 0 Å². The van der Waals surface area contributed by atoms with Crippen LogP contribution in [0.4, 0.5) is 4.39 Å². The fourth-order valence-corrected chi connectivity index (χ4v) is 1.26. The van der Waals surface area contributed by atoms with E-state index in [1.807, 2.05) is 18.2 Å². The predicted molar refractivity (Wildman–Crippen MR) is 69.5 cm³/mol. The van der Waals surface area contributed by atoms with Crippen LogP contribution in [0.15, 0.2) is 78.3 Å². The molecule has 0 atom stereocenters. The number of allylic oxidation sites excluding steroid dienone is 5. The third-order valence-corrected chi connectivity index (χ3v) is 2.21. The van der Waals surface area contributed by atoms with Crippen molar-refractivity contribution in [3.8, 4) is 5.75 Å². The molecule has 88 valence electrons. The van der Waals surface area contributed by atoms with Gasteiger partial charge in [-0.1, -0.05) is 49.0 Å². The Morgan fingerprint density at radius 1 is 1.24 bits per heavy atom. The zero-order chi connectivity index (χ0) is 12.7. The van der Waals surface area contributed by atoms with Crippen molar-refractivity contribution in [2.75, 3.05) is 0 Å². The van der Waals surface area contributed by atoms with E-state index in [1.54, 1.807) is 12.1 Å². The zero-order valence-corrected chi connectivity index (χ0v) is 9.95. The summed E-state index contributed by atoms with van der Waals surface area (Å²) in [7, 11) is 0. The van der Waals surface area contributed by atoms with Crippen molar-refractivity contribution in [3.63, 3.8) is 0 Å². The smallest absolute Gasteiger partial charge is 0.148 e. The number of benzene rings is 1. The minimum absolute atomic E-state index is 0.135. The van der Waals surface area contributed by atoms with Crippen molar-refractivity contribution in [1.29, 1.82) is 0 Å². The van der Waals surface area contributed by atoms with Crippen LogP contribution in [-0.4, -0.2) is 0 Å². The molecule has 0 unspecified atom stereocenters. The molecule has 1 rings (SSSR count). The zero-order valence-electron chi connectivity index (χ0n) is 9.20. The third-order valence-electron chi connectivity index (χ3n) is 1.85. The number of ether oxygens (including phenoxy) is 1. The number of hydrogen-bond donors (Lipinski definition) is 0. The summed E-state index contributed by atoms with van der Waals surface area (Å²) in [6.45, 7) is 6.83. The highest BCUT2D eigenvalue weighted by Gasteiger charge is 2.09. The molecule has 0 aromatic heterocycles. The van der Waals surface area contributed by atoms with Crippen LogP contribution in [0.5, 0.6) is 5.75 Å². The summed E-state index contributed by atoms with van der Waals surface area (Å²) < 4.78 is 18.7. The molecule has 0 amide bonds. The van der Waals surface area contributed by atoms with Crippen LogP contribution < -0.4 is 4.74 Å². The highest BCUT2D eigenvalue weighted by molar-refractivity contribution is 6.32. The topological polar surface area (TPSA) is 9.23 Å². The van der Waals surface area contributed by atoms with Crippen molar-refractivity contribution in [2.24, 2.45) is 0 Å². The van der Waals surface area contributed by atoms with Gasteiger partial charge < -0.3 is 4.74 Å². The van der Waals surface area contributed by atoms with Crippen molar-refractivity contribution >= 4 is 11.6 Å². The Labute approximate surface area is 105 Å². The third kappa shape index (κ3) is 3.93. The molecule has 0 aliphatic carbocycles. The molecule has 0 N–H and O–H groups in total. The number of halogens is 2. The lowest BCUT2D eigenvalue weighted by Crippen LogP contribution is -1.96. The second-order valence-electron chi connectivity index (χ2n) is 3.05. The van der Waals surface area contributed by atoms with E-state index in [9.17, 15) is 4.39 Å². The summed E-state index contributed by atoms with van der Waals surface area (Å²) in [6.07, 6.45) is 3.98. The molecular weight excluding hydrogens is 239 g/mol. The van der Waals surface area contributed by atoms with Crippen LogP contribution in [0.3, 0.4) is 0 Å². The molecule has 0 radical (unpaired) electrons. The van der Waals surface area contributed by atoms with Crippen molar-refractivity contribution in [2.45, 2.75) is 0 Å². The minimum atomic E-state index is -0.643. The number of para-hydroxylation sites is 1. The molecule has 0 saturated heterocycles. The molecule has 0 aliphatic heterocycles. The first-order valence-electron chi connectivity index (χ1n) is 4.92. The van der Waals surface area contributed by atoms with E-state index in [0.29, 0.717) is 5.75 Å². The summed E-state index contributed by atoms with van der Waals surface area (Å²) in [5, 5.41) is -0.135. The Morgan fingerprint density at radius 2 is 1.88 bits per heavy atom. The monoisotopic (exact) mass is 250 g/mol. The van der Waals surface area contributed by atoms with E-state index in [2.05, 4.69) is 13.2 Å². The maximum atomic E-state index is 13.3. The first kappa shape index (κ1) is 13.3. The fraction of sp³-hybridized carbons (Fsp3) is 0. The van der Waals surface area contributed by atoms with Crippen LogP contribution in [0.25, 0.3) is 0 Å². The second-order valence-corrected chi connectivity index (χ2v) is 3.43.